The van der Waals surface area contributed by atoms with Crippen LogP contribution in [0.4, 0.5) is 13.2 Å². The van der Waals surface area contributed by atoms with E-state index in [1.165, 1.54) is 23.5 Å². The van der Waals surface area contributed by atoms with Gasteiger partial charge in [0, 0.05) is 16.5 Å². The Morgan fingerprint density at radius 3 is 2.50 bits per heavy atom. The molecule has 0 fully saturated rings. The van der Waals surface area contributed by atoms with Gasteiger partial charge in [-0.1, -0.05) is 19.1 Å². The van der Waals surface area contributed by atoms with Crippen LogP contribution in [0.25, 0.3) is 0 Å². The van der Waals surface area contributed by atoms with Gasteiger partial charge in [0.2, 0.25) is 0 Å². The van der Waals surface area contributed by atoms with Crippen molar-refractivity contribution in [2.24, 2.45) is 0 Å². The molecule has 0 spiro atoms. The minimum Gasteiger partial charge on any atom is -0.305 e. The van der Waals surface area contributed by atoms with E-state index in [0.717, 1.165) is 17.1 Å². The number of rotatable bonds is 5. The van der Waals surface area contributed by atoms with Crippen LogP contribution >= 0.6 is 23.1 Å². The molecule has 0 aliphatic heterocycles. The molecule has 108 valence electrons. The number of nitrogens with zero attached hydrogens (tertiary/aromatic N) is 1. The van der Waals surface area contributed by atoms with Gasteiger partial charge in [-0.15, -0.1) is 11.3 Å². The molecule has 0 bridgehead atoms. The smallest absolute Gasteiger partial charge is 0.305 e. The van der Waals surface area contributed by atoms with Crippen LogP contribution in [-0.4, -0.2) is 17.0 Å². The molecule has 2 aromatic rings. The Kier molecular flexibility index (Phi) is 5.06. The second-order valence-corrected chi connectivity index (χ2v) is 6.04. The molecule has 1 atom stereocenters. The number of benzene rings is 1. The van der Waals surface area contributed by atoms with E-state index in [1.807, 2.05) is 12.3 Å². The zero-order valence-corrected chi connectivity index (χ0v) is 12.3. The first kappa shape index (κ1) is 15.3. The Morgan fingerprint density at radius 1 is 1.30 bits per heavy atom. The molecule has 1 unspecified atom stereocenters. The van der Waals surface area contributed by atoms with Crippen molar-refractivity contribution < 1.29 is 13.2 Å². The van der Waals surface area contributed by atoms with E-state index in [4.69, 9.17) is 0 Å². The fraction of sp³-hybridized carbons (Fsp3) is 0.308. The first-order chi connectivity index (χ1) is 9.49. The molecule has 0 saturated carbocycles. The second-order valence-electron chi connectivity index (χ2n) is 3.98. The highest BCUT2D eigenvalue weighted by Crippen LogP contribution is 2.37. The van der Waals surface area contributed by atoms with Crippen LogP contribution in [-0.2, 0) is 0 Å². The van der Waals surface area contributed by atoms with Crippen molar-refractivity contribution in [3.63, 3.8) is 0 Å². The maximum Gasteiger partial charge on any atom is 0.446 e. The summed E-state index contributed by atoms with van der Waals surface area (Å²) in [5, 5.41) is 6.08. The van der Waals surface area contributed by atoms with Gasteiger partial charge in [0.1, 0.15) is 5.01 Å². The maximum atomic E-state index is 12.3. The van der Waals surface area contributed by atoms with Gasteiger partial charge in [-0.2, -0.15) is 13.2 Å². The fourth-order valence-corrected chi connectivity index (χ4v) is 3.07. The number of hydrogen-bond acceptors (Lipinski definition) is 4. The molecule has 0 radical (unpaired) electrons. The van der Waals surface area contributed by atoms with E-state index >= 15 is 0 Å². The summed E-state index contributed by atoms with van der Waals surface area (Å²) in [6.45, 7) is 2.73. The first-order valence-corrected chi connectivity index (χ1v) is 7.67. The lowest BCUT2D eigenvalue weighted by Gasteiger charge is -2.16. The van der Waals surface area contributed by atoms with Gasteiger partial charge in [0.25, 0.3) is 0 Å². The van der Waals surface area contributed by atoms with E-state index in [0.29, 0.717) is 0 Å². The van der Waals surface area contributed by atoms with Crippen molar-refractivity contribution in [2.45, 2.75) is 23.4 Å². The predicted octanol–water partition coefficient (Wildman–Crippen LogP) is 4.45. The molecule has 7 heteroatoms. The third kappa shape index (κ3) is 4.22. The number of alkyl halides is 3. The molecule has 1 N–H and O–H groups in total. The largest absolute Gasteiger partial charge is 0.446 e. The normalized spacial score (nSPS) is 13.4. The van der Waals surface area contributed by atoms with Crippen LogP contribution in [0.1, 0.15) is 23.5 Å². The van der Waals surface area contributed by atoms with Crippen molar-refractivity contribution >= 4 is 23.1 Å². The van der Waals surface area contributed by atoms with Crippen LogP contribution in [0.5, 0.6) is 0 Å². The summed E-state index contributed by atoms with van der Waals surface area (Å²) in [6, 6.07) is 6.33. The van der Waals surface area contributed by atoms with E-state index < -0.39 is 5.51 Å². The zero-order chi connectivity index (χ0) is 14.6. The van der Waals surface area contributed by atoms with Crippen LogP contribution in [0, 0.1) is 0 Å². The van der Waals surface area contributed by atoms with Crippen LogP contribution < -0.4 is 5.32 Å². The topological polar surface area (TPSA) is 24.9 Å². The maximum absolute atomic E-state index is 12.3. The second kappa shape index (κ2) is 6.60. The van der Waals surface area contributed by atoms with Crippen molar-refractivity contribution in [2.75, 3.05) is 6.54 Å². The summed E-state index contributed by atoms with van der Waals surface area (Å²) in [5.74, 6) is 0. The number of hydrogen-bond donors (Lipinski definition) is 1. The molecule has 1 heterocycles. The van der Waals surface area contributed by atoms with Gasteiger partial charge in [0.05, 0.1) is 6.04 Å². The average molecular weight is 318 g/mol. The molecule has 0 aliphatic rings. The van der Waals surface area contributed by atoms with Crippen molar-refractivity contribution in [3.8, 4) is 0 Å². The average Bonchev–Trinajstić information content (AvgIpc) is 2.89. The SMILES string of the molecule is CCNC(c1ccc(SC(F)(F)F)cc1)c1nccs1. The molecular formula is C13H13F3N2S2. The lowest BCUT2D eigenvalue weighted by Crippen LogP contribution is -2.21. The van der Waals surface area contributed by atoms with E-state index in [-0.39, 0.29) is 22.7 Å². The van der Waals surface area contributed by atoms with E-state index in [9.17, 15) is 13.2 Å². The Morgan fingerprint density at radius 2 is 2.00 bits per heavy atom. The highest BCUT2D eigenvalue weighted by molar-refractivity contribution is 8.00. The molecule has 2 nitrogen and oxygen atoms in total. The Labute approximate surface area is 123 Å². The van der Waals surface area contributed by atoms with Gasteiger partial charge in [-0.25, -0.2) is 4.98 Å². The van der Waals surface area contributed by atoms with Crippen LogP contribution in [0.15, 0.2) is 40.7 Å². The monoisotopic (exact) mass is 318 g/mol. The summed E-state index contributed by atoms with van der Waals surface area (Å²) < 4.78 is 36.9. The van der Waals surface area contributed by atoms with Crippen molar-refractivity contribution in [3.05, 3.63) is 46.4 Å². The molecular weight excluding hydrogens is 305 g/mol. The van der Waals surface area contributed by atoms with Crippen LogP contribution in [0.3, 0.4) is 0 Å². The number of nitrogens with one attached hydrogen (secondary N) is 1. The van der Waals surface area contributed by atoms with Gasteiger partial charge >= 0.3 is 5.51 Å². The highest BCUT2D eigenvalue weighted by atomic mass is 32.2. The van der Waals surface area contributed by atoms with Gasteiger partial charge in [-0.05, 0) is 36.0 Å². The van der Waals surface area contributed by atoms with Crippen LogP contribution in [0.2, 0.25) is 0 Å². The molecule has 0 aliphatic carbocycles. The van der Waals surface area contributed by atoms with Crippen molar-refractivity contribution in [1.29, 1.82) is 0 Å². The summed E-state index contributed by atoms with van der Waals surface area (Å²) in [6.07, 6.45) is 1.72. The molecule has 20 heavy (non-hydrogen) atoms. The number of aromatic nitrogens is 1. The summed E-state index contributed by atoms with van der Waals surface area (Å²) >= 11 is 1.42. The standard InChI is InChI=1S/C13H13F3N2S2/c1-2-17-11(12-18-7-8-19-12)9-3-5-10(6-4-9)20-13(14,15)16/h3-8,11,17H,2H2,1H3. The van der Waals surface area contributed by atoms with E-state index in [2.05, 4.69) is 10.3 Å². The van der Waals surface area contributed by atoms with Gasteiger partial charge < -0.3 is 5.32 Å². The van der Waals surface area contributed by atoms with Crippen molar-refractivity contribution in [1.82, 2.24) is 10.3 Å². The van der Waals surface area contributed by atoms with Gasteiger partial charge in [-0.3, -0.25) is 0 Å². The Balaban J connectivity index is 2.18. The number of thiazole rings is 1. The minimum absolute atomic E-state index is 0.0788. The van der Waals surface area contributed by atoms with Gasteiger partial charge in [0.15, 0.2) is 0 Å². The molecule has 0 saturated heterocycles. The molecule has 1 aromatic carbocycles. The molecule has 1 aromatic heterocycles. The summed E-state index contributed by atoms with van der Waals surface area (Å²) in [4.78, 5) is 4.45. The lowest BCUT2D eigenvalue weighted by atomic mass is 10.1. The third-order valence-electron chi connectivity index (χ3n) is 2.55. The minimum atomic E-state index is -4.25. The molecule has 0 amide bonds. The Hall–Kier alpha value is -1.05. The lowest BCUT2D eigenvalue weighted by molar-refractivity contribution is -0.0328. The zero-order valence-electron chi connectivity index (χ0n) is 10.6. The summed E-state index contributed by atoms with van der Waals surface area (Å²) in [7, 11) is 0. The quantitative estimate of drug-likeness (QED) is 0.824. The number of halogens is 3. The molecule has 2 rings (SSSR count). The summed E-state index contributed by atoms with van der Waals surface area (Å²) in [5.41, 5.74) is -3.34. The van der Waals surface area contributed by atoms with E-state index in [1.54, 1.807) is 18.3 Å². The fourth-order valence-electron chi connectivity index (χ4n) is 1.79. The Bertz CT molecular complexity index is 524. The number of thioether (sulfide) groups is 1. The first-order valence-electron chi connectivity index (χ1n) is 5.98. The predicted molar refractivity (Wildman–Crippen MR) is 76.0 cm³/mol. The highest BCUT2D eigenvalue weighted by Gasteiger charge is 2.29. The third-order valence-corrected chi connectivity index (χ3v) is 4.13.